The van der Waals surface area contributed by atoms with Crippen LogP contribution in [0.1, 0.15) is 39.5 Å². The summed E-state index contributed by atoms with van der Waals surface area (Å²) in [5.41, 5.74) is 0. The number of rotatable bonds is 6. The van der Waals surface area contributed by atoms with Crippen molar-refractivity contribution in [1.82, 2.24) is 15.5 Å². The second-order valence-corrected chi connectivity index (χ2v) is 9.34. The Morgan fingerprint density at radius 2 is 1.93 bits per heavy atom. The van der Waals surface area contributed by atoms with Gasteiger partial charge in [-0.1, -0.05) is 13.8 Å². The van der Waals surface area contributed by atoms with E-state index >= 15 is 0 Å². The van der Waals surface area contributed by atoms with Crippen LogP contribution in [0.25, 0.3) is 0 Å². The van der Waals surface area contributed by atoms with E-state index in [1.807, 2.05) is 18.4 Å². The van der Waals surface area contributed by atoms with Gasteiger partial charge >= 0.3 is 0 Å². The van der Waals surface area contributed by atoms with Crippen molar-refractivity contribution in [3.63, 3.8) is 0 Å². The lowest BCUT2D eigenvalue weighted by Crippen LogP contribution is -2.49. The number of hydrogen-bond acceptors (Lipinski definition) is 4. The minimum absolute atomic E-state index is 0. The molecule has 0 amide bonds. The molecule has 2 aliphatic heterocycles. The van der Waals surface area contributed by atoms with Gasteiger partial charge < -0.3 is 20.4 Å². The zero-order chi connectivity index (χ0) is 19.1. The maximum absolute atomic E-state index is 4.43. The van der Waals surface area contributed by atoms with E-state index in [0.29, 0.717) is 6.04 Å². The summed E-state index contributed by atoms with van der Waals surface area (Å²) in [7, 11) is 1.88. The Kier molecular flexibility index (Phi) is 10.4. The van der Waals surface area contributed by atoms with Crippen LogP contribution in [-0.2, 0) is 0 Å². The van der Waals surface area contributed by atoms with Crippen LogP contribution in [0.4, 0.5) is 5.00 Å². The molecule has 2 aliphatic rings. The van der Waals surface area contributed by atoms with Gasteiger partial charge in [0, 0.05) is 45.8 Å². The largest absolute Gasteiger partial charge is 0.363 e. The molecule has 3 rings (SSSR count). The van der Waals surface area contributed by atoms with Crippen LogP contribution in [0.3, 0.4) is 0 Å². The molecular formula is C21H38IN5S. The highest BCUT2D eigenvalue weighted by Gasteiger charge is 2.22. The second kappa shape index (κ2) is 12.2. The third-order valence-electron chi connectivity index (χ3n) is 5.77. The zero-order valence-electron chi connectivity index (χ0n) is 17.7. The van der Waals surface area contributed by atoms with Gasteiger partial charge in [-0.05, 0) is 61.6 Å². The second-order valence-electron chi connectivity index (χ2n) is 8.42. The van der Waals surface area contributed by atoms with E-state index in [9.17, 15) is 0 Å². The Hall–Kier alpha value is -0.540. The minimum Gasteiger partial charge on any atom is -0.363 e. The molecule has 0 spiro atoms. The average molecular weight is 520 g/mol. The van der Waals surface area contributed by atoms with E-state index in [0.717, 1.165) is 37.4 Å². The minimum atomic E-state index is 0. The number of hydrogen-bond donors (Lipinski definition) is 2. The smallest absolute Gasteiger partial charge is 0.191 e. The van der Waals surface area contributed by atoms with Crippen LogP contribution in [0.5, 0.6) is 0 Å². The molecule has 3 heterocycles. The maximum Gasteiger partial charge on any atom is 0.191 e. The van der Waals surface area contributed by atoms with Crippen molar-refractivity contribution >= 4 is 46.3 Å². The summed E-state index contributed by atoms with van der Waals surface area (Å²) in [4.78, 5) is 9.56. The number of piperidine rings is 2. The zero-order valence-corrected chi connectivity index (χ0v) is 20.8. The Morgan fingerprint density at radius 1 is 1.21 bits per heavy atom. The molecule has 28 heavy (non-hydrogen) atoms. The van der Waals surface area contributed by atoms with Crippen molar-refractivity contribution in [2.24, 2.45) is 16.8 Å². The molecule has 2 saturated heterocycles. The lowest BCUT2D eigenvalue weighted by atomic mass is 9.92. The molecular weight excluding hydrogens is 481 g/mol. The van der Waals surface area contributed by atoms with E-state index in [-0.39, 0.29) is 24.0 Å². The molecule has 160 valence electrons. The van der Waals surface area contributed by atoms with Gasteiger partial charge in [0.2, 0.25) is 0 Å². The molecule has 2 atom stereocenters. The van der Waals surface area contributed by atoms with Gasteiger partial charge in [-0.15, -0.1) is 35.3 Å². The SMILES string of the molecule is CN=C(NCCCN1CC(C)CC(C)C1)NC1CCN(c2cccs2)CC1.I. The van der Waals surface area contributed by atoms with Crippen LogP contribution in [0.15, 0.2) is 22.5 Å². The van der Waals surface area contributed by atoms with Gasteiger partial charge in [0.05, 0.1) is 5.00 Å². The lowest BCUT2D eigenvalue weighted by Gasteiger charge is -2.35. The van der Waals surface area contributed by atoms with Gasteiger partial charge in [0.25, 0.3) is 0 Å². The van der Waals surface area contributed by atoms with Crippen LogP contribution >= 0.6 is 35.3 Å². The topological polar surface area (TPSA) is 42.9 Å². The number of halogens is 1. The number of nitrogens with zero attached hydrogens (tertiary/aromatic N) is 3. The fraction of sp³-hybridized carbons (Fsp3) is 0.762. The van der Waals surface area contributed by atoms with Crippen molar-refractivity contribution in [3.05, 3.63) is 17.5 Å². The van der Waals surface area contributed by atoms with Crippen LogP contribution < -0.4 is 15.5 Å². The first kappa shape index (κ1) is 23.7. The molecule has 0 saturated carbocycles. The quantitative estimate of drug-likeness (QED) is 0.259. The standard InChI is InChI=1S/C21H37N5S.HI/c1-17-14-18(2)16-25(15-17)10-5-9-23-21(22-3)24-19-7-11-26(12-8-19)20-6-4-13-27-20;/h4,6,13,17-19H,5,7-12,14-16H2,1-3H3,(H2,22,23,24);1H. The number of aliphatic imine (C=N–C) groups is 1. The van der Waals surface area contributed by atoms with Crippen molar-refractivity contribution in [2.75, 3.05) is 51.2 Å². The van der Waals surface area contributed by atoms with Crippen molar-refractivity contribution in [2.45, 2.75) is 45.6 Å². The number of thiophene rings is 1. The van der Waals surface area contributed by atoms with Gasteiger partial charge in [-0.3, -0.25) is 4.99 Å². The highest BCUT2D eigenvalue weighted by molar-refractivity contribution is 14.0. The first-order valence-corrected chi connectivity index (χ1v) is 11.5. The number of nitrogens with one attached hydrogen (secondary N) is 2. The fourth-order valence-electron chi connectivity index (χ4n) is 4.57. The normalized spacial score (nSPS) is 24.7. The monoisotopic (exact) mass is 519 g/mol. The molecule has 2 N–H and O–H groups in total. The molecule has 0 radical (unpaired) electrons. The van der Waals surface area contributed by atoms with E-state index in [1.54, 1.807) is 0 Å². The number of likely N-dealkylation sites (tertiary alicyclic amines) is 1. The Balaban J connectivity index is 0.00000280. The summed E-state index contributed by atoms with van der Waals surface area (Å²) in [5.74, 6) is 2.65. The van der Waals surface area contributed by atoms with Crippen LogP contribution in [-0.4, -0.2) is 63.2 Å². The third kappa shape index (κ3) is 7.37. The summed E-state index contributed by atoms with van der Waals surface area (Å²) >= 11 is 1.84. The predicted octanol–water partition coefficient (Wildman–Crippen LogP) is 3.87. The number of anilines is 1. The average Bonchev–Trinajstić information content (AvgIpc) is 3.18. The highest BCUT2D eigenvalue weighted by atomic mass is 127. The molecule has 5 nitrogen and oxygen atoms in total. The fourth-order valence-corrected chi connectivity index (χ4v) is 5.35. The van der Waals surface area contributed by atoms with E-state index < -0.39 is 0 Å². The first-order chi connectivity index (χ1) is 13.1. The molecule has 0 bridgehead atoms. The Bertz CT molecular complexity index is 561. The van der Waals surface area contributed by atoms with Crippen LogP contribution in [0, 0.1) is 11.8 Å². The van der Waals surface area contributed by atoms with Gasteiger partial charge in [-0.2, -0.15) is 0 Å². The summed E-state index contributed by atoms with van der Waals surface area (Å²) in [6.07, 6.45) is 4.90. The summed E-state index contributed by atoms with van der Waals surface area (Å²) in [6, 6.07) is 4.89. The van der Waals surface area contributed by atoms with Gasteiger partial charge in [0.1, 0.15) is 0 Å². The van der Waals surface area contributed by atoms with Gasteiger partial charge in [-0.25, -0.2) is 0 Å². The Morgan fingerprint density at radius 3 is 2.54 bits per heavy atom. The van der Waals surface area contributed by atoms with E-state index in [2.05, 4.69) is 56.8 Å². The third-order valence-corrected chi connectivity index (χ3v) is 6.69. The molecule has 7 heteroatoms. The van der Waals surface area contributed by atoms with E-state index in [4.69, 9.17) is 0 Å². The van der Waals surface area contributed by atoms with Crippen LogP contribution in [0.2, 0.25) is 0 Å². The molecule has 2 unspecified atom stereocenters. The highest BCUT2D eigenvalue weighted by Crippen LogP contribution is 2.24. The first-order valence-electron chi connectivity index (χ1n) is 10.6. The lowest BCUT2D eigenvalue weighted by molar-refractivity contribution is 0.140. The van der Waals surface area contributed by atoms with E-state index in [1.165, 1.54) is 50.3 Å². The Labute approximate surface area is 192 Å². The summed E-state index contributed by atoms with van der Waals surface area (Å²) in [6.45, 7) is 11.7. The molecule has 2 fully saturated rings. The predicted molar refractivity (Wildman–Crippen MR) is 133 cm³/mol. The number of guanidine groups is 1. The maximum atomic E-state index is 4.43. The van der Waals surface area contributed by atoms with Crippen molar-refractivity contribution < 1.29 is 0 Å². The summed E-state index contributed by atoms with van der Waals surface area (Å²) < 4.78 is 0. The molecule has 1 aromatic heterocycles. The molecule has 0 aliphatic carbocycles. The summed E-state index contributed by atoms with van der Waals surface area (Å²) in [5, 5.41) is 10.7. The van der Waals surface area contributed by atoms with Gasteiger partial charge in [0.15, 0.2) is 5.96 Å². The van der Waals surface area contributed by atoms with Crippen molar-refractivity contribution in [1.29, 1.82) is 0 Å². The molecule has 0 aromatic carbocycles. The molecule has 1 aromatic rings. The van der Waals surface area contributed by atoms with Crippen molar-refractivity contribution in [3.8, 4) is 0 Å².